The van der Waals surface area contributed by atoms with E-state index < -0.39 is 0 Å². The number of nitrogens with zero attached hydrogens (tertiary/aromatic N) is 2. The Labute approximate surface area is 195 Å². The molecule has 1 aromatic heterocycles. The summed E-state index contributed by atoms with van der Waals surface area (Å²) in [5.74, 6) is 0.825. The van der Waals surface area contributed by atoms with E-state index in [1.807, 2.05) is 72.9 Å². The standard InChI is InChI=1S/C27H31N3O3/c1-21(20-30-13-15-32-16-14-30)33-26-11-8-23(9-12-26)24-7-10-25(28-19-24)17-27(31)29-18-22-5-3-2-4-6-22/h2-12,19,21H,13-18,20H2,1H3,(H,29,31)/t21-/m0/s1. The first kappa shape index (κ1) is 23.0. The largest absolute Gasteiger partial charge is 0.489 e. The number of rotatable bonds is 9. The van der Waals surface area contributed by atoms with Crippen LogP contribution in [0.3, 0.4) is 0 Å². The highest BCUT2D eigenvalue weighted by molar-refractivity contribution is 5.78. The van der Waals surface area contributed by atoms with E-state index in [2.05, 4.69) is 22.1 Å². The Bertz CT molecular complexity index is 1000. The minimum atomic E-state index is -0.0354. The van der Waals surface area contributed by atoms with Crippen molar-refractivity contribution in [3.05, 3.63) is 84.2 Å². The molecule has 1 aliphatic rings. The zero-order valence-corrected chi connectivity index (χ0v) is 19.1. The fraction of sp³-hybridized carbons (Fsp3) is 0.333. The van der Waals surface area contributed by atoms with Gasteiger partial charge in [-0.25, -0.2) is 0 Å². The van der Waals surface area contributed by atoms with Crippen LogP contribution in [0, 0.1) is 0 Å². The van der Waals surface area contributed by atoms with Gasteiger partial charge in [-0.15, -0.1) is 0 Å². The first-order valence-electron chi connectivity index (χ1n) is 11.5. The number of hydrogen-bond acceptors (Lipinski definition) is 5. The maximum Gasteiger partial charge on any atom is 0.226 e. The van der Waals surface area contributed by atoms with Gasteiger partial charge in [0.1, 0.15) is 11.9 Å². The monoisotopic (exact) mass is 445 g/mol. The number of ether oxygens (including phenoxy) is 2. The summed E-state index contributed by atoms with van der Waals surface area (Å²) in [5, 5.41) is 2.94. The molecule has 1 atom stereocenters. The molecular weight excluding hydrogens is 414 g/mol. The van der Waals surface area contributed by atoms with Crippen molar-refractivity contribution in [1.82, 2.24) is 15.2 Å². The number of nitrogens with one attached hydrogen (secondary N) is 1. The molecule has 3 aromatic rings. The number of carbonyl (C=O) groups excluding carboxylic acids is 1. The van der Waals surface area contributed by atoms with E-state index in [0.29, 0.717) is 6.54 Å². The predicted octanol–water partition coefficient (Wildman–Crippen LogP) is 3.71. The molecule has 1 fully saturated rings. The van der Waals surface area contributed by atoms with E-state index in [0.717, 1.165) is 61.0 Å². The lowest BCUT2D eigenvalue weighted by molar-refractivity contribution is -0.120. The molecule has 4 rings (SSSR count). The lowest BCUT2D eigenvalue weighted by atomic mass is 10.1. The van der Waals surface area contributed by atoms with Crippen LogP contribution in [-0.4, -0.2) is 54.7 Å². The lowest BCUT2D eigenvalue weighted by Crippen LogP contribution is -2.41. The Morgan fingerprint density at radius 3 is 2.45 bits per heavy atom. The molecule has 1 amide bonds. The van der Waals surface area contributed by atoms with Crippen molar-refractivity contribution in [2.24, 2.45) is 0 Å². The van der Waals surface area contributed by atoms with E-state index in [4.69, 9.17) is 9.47 Å². The first-order valence-corrected chi connectivity index (χ1v) is 11.5. The zero-order valence-electron chi connectivity index (χ0n) is 19.1. The summed E-state index contributed by atoms with van der Waals surface area (Å²) in [4.78, 5) is 19.1. The van der Waals surface area contributed by atoms with Gasteiger partial charge in [0.25, 0.3) is 0 Å². The van der Waals surface area contributed by atoms with Crippen LogP contribution in [0.2, 0.25) is 0 Å². The maximum absolute atomic E-state index is 12.2. The molecule has 172 valence electrons. The highest BCUT2D eigenvalue weighted by atomic mass is 16.5. The van der Waals surface area contributed by atoms with Gasteiger partial charge in [0.15, 0.2) is 0 Å². The molecule has 0 unspecified atom stereocenters. The van der Waals surface area contributed by atoms with Crippen LogP contribution in [0.5, 0.6) is 5.75 Å². The minimum absolute atomic E-state index is 0.0354. The third kappa shape index (κ3) is 7.14. The Hall–Kier alpha value is -3.22. The molecule has 0 saturated carbocycles. The Morgan fingerprint density at radius 2 is 1.76 bits per heavy atom. The number of aromatic nitrogens is 1. The van der Waals surface area contributed by atoms with Gasteiger partial charge in [-0.05, 0) is 36.2 Å². The molecule has 1 N–H and O–H groups in total. The van der Waals surface area contributed by atoms with Gasteiger partial charge in [-0.2, -0.15) is 0 Å². The summed E-state index contributed by atoms with van der Waals surface area (Å²) < 4.78 is 11.5. The molecule has 2 heterocycles. The maximum atomic E-state index is 12.2. The molecule has 2 aromatic carbocycles. The summed E-state index contributed by atoms with van der Waals surface area (Å²) in [6.45, 7) is 7.04. The van der Waals surface area contributed by atoms with Crippen LogP contribution < -0.4 is 10.1 Å². The van der Waals surface area contributed by atoms with Crippen molar-refractivity contribution in [1.29, 1.82) is 0 Å². The van der Waals surface area contributed by atoms with Crippen molar-refractivity contribution in [3.63, 3.8) is 0 Å². The van der Waals surface area contributed by atoms with Crippen molar-refractivity contribution in [2.45, 2.75) is 26.0 Å². The van der Waals surface area contributed by atoms with Crippen molar-refractivity contribution in [2.75, 3.05) is 32.8 Å². The molecular formula is C27H31N3O3. The second-order valence-corrected chi connectivity index (χ2v) is 8.34. The Kier molecular flexibility index (Phi) is 8.06. The second kappa shape index (κ2) is 11.6. The van der Waals surface area contributed by atoms with E-state index in [-0.39, 0.29) is 18.4 Å². The number of pyridine rings is 1. The van der Waals surface area contributed by atoms with Crippen LogP contribution in [-0.2, 0) is 22.5 Å². The van der Waals surface area contributed by atoms with Gasteiger partial charge in [-0.3, -0.25) is 14.7 Å². The van der Waals surface area contributed by atoms with Crippen LogP contribution in [0.1, 0.15) is 18.2 Å². The van der Waals surface area contributed by atoms with E-state index in [1.54, 1.807) is 0 Å². The van der Waals surface area contributed by atoms with E-state index in [1.165, 1.54) is 0 Å². The van der Waals surface area contributed by atoms with Crippen LogP contribution in [0.4, 0.5) is 0 Å². The smallest absolute Gasteiger partial charge is 0.226 e. The van der Waals surface area contributed by atoms with Crippen LogP contribution >= 0.6 is 0 Å². The number of carbonyl (C=O) groups is 1. The molecule has 0 spiro atoms. The fourth-order valence-corrected chi connectivity index (χ4v) is 3.87. The second-order valence-electron chi connectivity index (χ2n) is 8.34. The number of benzene rings is 2. The summed E-state index contributed by atoms with van der Waals surface area (Å²) in [6, 6.07) is 21.9. The average molecular weight is 446 g/mol. The lowest BCUT2D eigenvalue weighted by Gasteiger charge is -2.29. The van der Waals surface area contributed by atoms with Crippen LogP contribution in [0.25, 0.3) is 11.1 Å². The molecule has 33 heavy (non-hydrogen) atoms. The molecule has 1 saturated heterocycles. The van der Waals surface area contributed by atoms with Gasteiger partial charge in [-0.1, -0.05) is 48.5 Å². The third-order valence-corrected chi connectivity index (χ3v) is 5.64. The SMILES string of the molecule is C[C@@H](CN1CCOCC1)Oc1ccc(-c2ccc(CC(=O)NCc3ccccc3)nc2)cc1. The van der Waals surface area contributed by atoms with Gasteiger partial charge in [0.2, 0.25) is 5.91 Å². The molecule has 0 aliphatic carbocycles. The molecule has 1 aliphatic heterocycles. The summed E-state index contributed by atoms with van der Waals surface area (Å²) in [5.41, 5.74) is 3.91. The third-order valence-electron chi connectivity index (χ3n) is 5.64. The molecule has 6 nitrogen and oxygen atoms in total. The Balaban J connectivity index is 1.26. The average Bonchev–Trinajstić information content (AvgIpc) is 2.85. The van der Waals surface area contributed by atoms with Gasteiger partial charge < -0.3 is 14.8 Å². The van der Waals surface area contributed by atoms with E-state index in [9.17, 15) is 4.79 Å². The normalized spacial score (nSPS) is 15.1. The highest BCUT2D eigenvalue weighted by Gasteiger charge is 2.14. The van der Waals surface area contributed by atoms with Gasteiger partial charge in [0, 0.05) is 43.6 Å². The first-order chi connectivity index (χ1) is 16.2. The zero-order chi connectivity index (χ0) is 22.9. The quantitative estimate of drug-likeness (QED) is 0.544. The summed E-state index contributed by atoms with van der Waals surface area (Å²) >= 11 is 0. The number of hydrogen-bond donors (Lipinski definition) is 1. The van der Waals surface area contributed by atoms with Gasteiger partial charge in [0.05, 0.1) is 19.6 Å². The topological polar surface area (TPSA) is 63.7 Å². The Morgan fingerprint density at radius 1 is 1.03 bits per heavy atom. The molecule has 6 heteroatoms. The minimum Gasteiger partial charge on any atom is -0.489 e. The summed E-state index contributed by atoms with van der Waals surface area (Å²) in [7, 11) is 0. The number of morpholine rings is 1. The predicted molar refractivity (Wildman–Crippen MR) is 129 cm³/mol. The molecule has 0 radical (unpaired) electrons. The van der Waals surface area contributed by atoms with Crippen molar-refractivity contribution < 1.29 is 14.3 Å². The van der Waals surface area contributed by atoms with Crippen molar-refractivity contribution in [3.8, 4) is 16.9 Å². The van der Waals surface area contributed by atoms with Crippen molar-refractivity contribution >= 4 is 5.91 Å². The van der Waals surface area contributed by atoms with E-state index >= 15 is 0 Å². The highest BCUT2D eigenvalue weighted by Crippen LogP contribution is 2.23. The summed E-state index contributed by atoms with van der Waals surface area (Å²) in [6.07, 6.45) is 2.19. The molecule has 0 bridgehead atoms. The fourth-order valence-electron chi connectivity index (χ4n) is 3.87. The number of amides is 1. The van der Waals surface area contributed by atoms with Gasteiger partial charge >= 0.3 is 0 Å². The van der Waals surface area contributed by atoms with Crippen LogP contribution in [0.15, 0.2) is 72.9 Å².